The van der Waals surface area contributed by atoms with Crippen molar-refractivity contribution in [2.75, 3.05) is 24.5 Å². The number of methoxy groups -OCH3 is 1. The van der Waals surface area contributed by atoms with Crippen molar-refractivity contribution in [1.82, 2.24) is 10.2 Å². The first-order chi connectivity index (χ1) is 18.1. The fraction of sp³-hybridized carbons (Fsp3) is 0.310. The summed E-state index contributed by atoms with van der Waals surface area (Å²) in [7, 11) is -2.52. The first kappa shape index (κ1) is 28.7. The molecule has 0 radical (unpaired) electrons. The van der Waals surface area contributed by atoms with E-state index in [2.05, 4.69) is 5.32 Å². The van der Waals surface area contributed by atoms with Gasteiger partial charge in [0.25, 0.3) is 10.0 Å². The Hall–Kier alpha value is -3.85. The lowest BCUT2D eigenvalue weighted by Crippen LogP contribution is -2.51. The number of nitrogens with zero attached hydrogens (tertiary/aromatic N) is 2. The maximum Gasteiger partial charge on any atom is 0.264 e. The number of carbonyl (C=O) groups excluding carboxylic acids is 2. The number of sulfonamides is 1. The highest BCUT2D eigenvalue weighted by Crippen LogP contribution is 2.28. The molecular formula is C29H35N3O5S. The maximum absolute atomic E-state index is 13.9. The van der Waals surface area contributed by atoms with Crippen LogP contribution in [0.2, 0.25) is 0 Å². The van der Waals surface area contributed by atoms with Gasteiger partial charge in [-0.25, -0.2) is 8.42 Å². The van der Waals surface area contributed by atoms with E-state index >= 15 is 0 Å². The summed E-state index contributed by atoms with van der Waals surface area (Å²) >= 11 is 0. The Morgan fingerprint density at radius 3 is 2.21 bits per heavy atom. The van der Waals surface area contributed by atoms with Crippen molar-refractivity contribution in [2.45, 2.75) is 45.2 Å². The number of amides is 2. The van der Waals surface area contributed by atoms with Crippen molar-refractivity contribution < 1.29 is 22.7 Å². The highest BCUT2D eigenvalue weighted by Gasteiger charge is 2.33. The average molecular weight is 538 g/mol. The van der Waals surface area contributed by atoms with Crippen LogP contribution in [-0.4, -0.2) is 51.4 Å². The zero-order valence-corrected chi connectivity index (χ0v) is 23.3. The molecule has 3 aromatic rings. The Morgan fingerprint density at radius 1 is 0.974 bits per heavy atom. The summed E-state index contributed by atoms with van der Waals surface area (Å²) in [6, 6.07) is 19.8. The van der Waals surface area contributed by atoms with Crippen molar-refractivity contribution in [2.24, 2.45) is 0 Å². The minimum Gasteiger partial charge on any atom is -0.497 e. The van der Waals surface area contributed by atoms with Crippen molar-refractivity contribution >= 4 is 27.5 Å². The van der Waals surface area contributed by atoms with E-state index in [1.54, 1.807) is 57.4 Å². The van der Waals surface area contributed by atoms with Crippen LogP contribution in [0.3, 0.4) is 0 Å². The highest BCUT2D eigenvalue weighted by atomic mass is 32.2. The van der Waals surface area contributed by atoms with Crippen LogP contribution >= 0.6 is 0 Å². The summed E-state index contributed by atoms with van der Waals surface area (Å²) in [5, 5.41) is 2.76. The number of rotatable bonds is 11. The van der Waals surface area contributed by atoms with Crippen molar-refractivity contribution in [3.63, 3.8) is 0 Å². The quantitative estimate of drug-likeness (QED) is 0.398. The number of nitrogens with one attached hydrogen (secondary N) is 1. The van der Waals surface area contributed by atoms with E-state index in [1.165, 1.54) is 17.0 Å². The number of carbonyl (C=O) groups is 2. The molecule has 9 heteroatoms. The van der Waals surface area contributed by atoms with Crippen LogP contribution < -0.4 is 14.4 Å². The van der Waals surface area contributed by atoms with E-state index in [1.807, 2.05) is 38.1 Å². The van der Waals surface area contributed by atoms with E-state index in [9.17, 15) is 18.0 Å². The Morgan fingerprint density at radius 2 is 1.63 bits per heavy atom. The molecule has 0 heterocycles. The number of likely N-dealkylation sites (N-methyl/N-ethyl adjacent to an activating group) is 1. The number of benzene rings is 3. The van der Waals surface area contributed by atoms with E-state index in [0.29, 0.717) is 18.0 Å². The van der Waals surface area contributed by atoms with Gasteiger partial charge in [0, 0.05) is 13.1 Å². The Bertz CT molecular complexity index is 1360. The maximum atomic E-state index is 13.9. The summed E-state index contributed by atoms with van der Waals surface area (Å²) in [5.74, 6) is -0.157. The predicted molar refractivity (Wildman–Crippen MR) is 149 cm³/mol. The van der Waals surface area contributed by atoms with Crippen LogP contribution in [0.25, 0.3) is 0 Å². The molecule has 1 atom stereocenters. The Kier molecular flexibility index (Phi) is 9.52. The zero-order chi connectivity index (χ0) is 27.9. The lowest BCUT2D eigenvalue weighted by atomic mass is 10.1. The molecule has 0 aliphatic heterocycles. The molecule has 0 saturated heterocycles. The SMILES string of the molecule is CCNC(=O)C(C)N(Cc1ccc(OC)cc1)C(=O)CN(c1ccc(C)cc1C)S(=O)(=O)c1ccccc1. The van der Waals surface area contributed by atoms with Gasteiger partial charge in [0.1, 0.15) is 18.3 Å². The Balaban J connectivity index is 2.04. The van der Waals surface area contributed by atoms with Gasteiger partial charge in [-0.2, -0.15) is 0 Å². The van der Waals surface area contributed by atoms with Gasteiger partial charge in [0.2, 0.25) is 11.8 Å². The molecule has 0 aliphatic carbocycles. The highest BCUT2D eigenvalue weighted by molar-refractivity contribution is 7.92. The number of aryl methyl sites for hydroxylation is 2. The van der Waals surface area contributed by atoms with Gasteiger partial charge in [0.05, 0.1) is 17.7 Å². The molecule has 2 amide bonds. The molecule has 3 rings (SSSR count). The normalized spacial score (nSPS) is 11.9. The smallest absolute Gasteiger partial charge is 0.264 e. The van der Waals surface area contributed by atoms with Crippen molar-refractivity contribution in [1.29, 1.82) is 0 Å². The van der Waals surface area contributed by atoms with Gasteiger partial charge in [-0.1, -0.05) is 48.0 Å². The van der Waals surface area contributed by atoms with Crippen LogP contribution in [0.4, 0.5) is 5.69 Å². The first-order valence-electron chi connectivity index (χ1n) is 12.4. The standard InChI is InChI=1S/C29H35N3O5S/c1-6-30-29(34)23(4)31(19-24-13-15-25(37-5)16-14-24)28(33)20-32(27-17-12-21(2)18-22(27)3)38(35,36)26-10-8-7-9-11-26/h7-18,23H,6,19-20H2,1-5H3,(H,30,34). The summed E-state index contributed by atoms with van der Waals surface area (Å²) in [6.07, 6.45) is 0. The van der Waals surface area contributed by atoms with E-state index < -0.39 is 28.5 Å². The molecule has 0 spiro atoms. The molecule has 0 bridgehead atoms. The summed E-state index contributed by atoms with van der Waals surface area (Å²) < 4.78 is 34.0. The average Bonchev–Trinajstić information content (AvgIpc) is 2.91. The molecule has 1 N–H and O–H groups in total. The third-order valence-electron chi connectivity index (χ3n) is 6.26. The summed E-state index contributed by atoms with van der Waals surface area (Å²) in [5.41, 5.74) is 2.87. The molecule has 3 aromatic carbocycles. The van der Waals surface area contributed by atoms with Crippen molar-refractivity contribution in [3.05, 3.63) is 89.5 Å². The monoisotopic (exact) mass is 537 g/mol. The predicted octanol–water partition coefficient (Wildman–Crippen LogP) is 4.06. The number of hydrogen-bond acceptors (Lipinski definition) is 5. The third-order valence-corrected chi connectivity index (χ3v) is 8.04. The topological polar surface area (TPSA) is 96.0 Å². The van der Waals surface area contributed by atoms with Gasteiger partial charge in [-0.15, -0.1) is 0 Å². The van der Waals surface area contributed by atoms with E-state index in [0.717, 1.165) is 21.0 Å². The second-order valence-electron chi connectivity index (χ2n) is 9.05. The van der Waals surface area contributed by atoms with Gasteiger partial charge in [-0.3, -0.25) is 13.9 Å². The second kappa shape index (κ2) is 12.6. The van der Waals surface area contributed by atoms with Gasteiger partial charge >= 0.3 is 0 Å². The van der Waals surface area contributed by atoms with Crippen LogP contribution in [0.5, 0.6) is 5.75 Å². The fourth-order valence-corrected chi connectivity index (χ4v) is 5.65. The first-order valence-corrected chi connectivity index (χ1v) is 13.9. The molecule has 0 saturated carbocycles. The Labute approximate surface area is 225 Å². The van der Waals surface area contributed by atoms with Crippen LogP contribution in [0.15, 0.2) is 77.7 Å². The minimum absolute atomic E-state index is 0.0752. The second-order valence-corrected chi connectivity index (χ2v) is 10.9. The molecule has 8 nitrogen and oxygen atoms in total. The largest absolute Gasteiger partial charge is 0.497 e. The molecule has 0 fully saturated rings. The molecule has 38 heavy (non-hydrogen) atoms. The lowest BCUT2D eigenvalue weighted by molar-refractivity contribution is -0.139. The third kappa shape index (κ3) is 6.72. The van der Waals surface area contributed by atoms with E-state index in [-0.39, 0.29) is 17.3 Å². The van der Waals surface area contributed by atoms with Crippen LogP contribution in [0, 0.1) is 13.8 Å². The molecule has 0 aliphatic rings. The van der Waals surface area contributed by atoms with Gasteiger partial charge < -0.3 is 15.0 Å². The number of ether oxygens (including phenoxy) is 1. The van der Waals surface area contributed by atoms with Crippen LogP contribution in [-0.2, 0) is 26.2 Å². The molecule has 0 aromatic heterocycles. The minimum atomic E-state index is -4.09. The summed E-state index contributed by atoms with van der Waals surface area (Å²) in [6.45, 7) is 7.22. The zero-order valence-electron chi connectivity index (χ0n) is 22.5. The van der Waals surface area contributed by atoms with Gasteiger partial charge in [0.15, 0.2) is 0 Å². The lowest BCUT2D eigenvalue weighted by Gasteiger charge is -2.32. The molecule has 202 valence electrons. The number of hydrogen-bond donors (Lipinski definition) is 1. The summed E-state index contributed by atoms with van der Waals surface area (Å²) in [4.78, 5) is 28.1. The van der Waals surface area contributed by atoms with E-state index in [4.69, 9.17) is 4.74 Å². The molecule has 1 unspecified atom stereocenters. The fourth-order valence-electron chi connectivity index (χ4n) is 4.15. The number of anilines is 1. The van der Waals surface area contributed by atoms with Crippen LogP contribution in [0.1, 0.15) is 30.5 Å². The molecular weight excluding hydrogens is 502 g/mol. The van der Waals surface area contributed by atoms with Gasteiger partial charge in [-0.05, 0) is 69.2 Å². The van der Waals surface area contributed by atoms with Crippen molar-refractivity contribution in [3.8, 4) is 5.75 Å².